The molecule has 5 heteroatoms. The summed E-state index contributed by atoms with van der Waals surface area (Å²) in [4.78, 5) is 4.09. The van der Waals surface area contributed by atoms with E-state index in [1.807, 2.05) is 17.5 Å². The third-order valence-corrected chi connectivity index (χ3v) is 2.21. The first-order valence-electron chi connectivity index (χ1n) is 3.85. The molecule has 0 aliphatic heterocycles. The van der Waals surface area contributed by atoms with Crippen molar-refractivity contribution < 1.29 is 0 Å². The average Bonchev–Trinajstić information content (AvgIpc) is 2.69. The second-order valence-corrected chi connectivity index (χ2v) is 3.30. The van der Waals surface area contributed by atoms with Gasteiger partial charge in [-0.3, -0.25) is 0 Å². The molecule has 0 saturated heterocycles. The van der Waals surface area contributed by atoms with E-state index >= 15 is 0 Å². The average molecular weight is 192 g/mol. The largest absolute Gasteiger partial charge is 0.356 e. The van der Waals surface area contributed by atoms with E-state index in [1.165, 1.54) is 0 Å². The van der Waals surface area contributed by atoms with E-state index in [9.17, 15) is 0 Å². The maximum atomic E-state index is 4.09. The zero-order valence-corrected chi connectivity index (χ0v) is 7.66. The lowest BCUT2D eigenvalue weighted by Crippen LogP contribution is -2.01. The van der Waals surface area contributed by atoms with Gasteiger partial charge in [-0.05, 0) is 12.1 Å². The van der Waals surface area contributed by atoms with Gasteiger partial charge in [0, 0.05) is 17.8 Å². The van der Waals surface area contributed by atoms with Crippen LogP contribution in [0, 0.1) is 0 Å². The summed E-state index contributed by atoms with van der Waals surface area (Å²) in [6, 6.07) is 3.79. The number of rotatable bonds is 3. The molecule has 13 heavy (non-hydrogen) atoms. The van der Waals surface area contributed by atoms with Gasteiger partial charge < -0.3 is 5.32 Å². The lowest BCUT2D eigenvalue weighted by molar-refractivity contribution is 0.923. The first-order chi connectivity index (χ1) is 6.45. The number of hydrogen-bond acceptors (Lipinski definition) is 5. The molecule has 0 radical (unpaired) electrons. The topological polar surface area (TPSA) is 50.7 Å². The summed E-state index contributed by atoms with van der Waals surface area (Å²) >= 11 is 1.57. The Morgan fingerprint density at radius 3 is 3.08 bits per heavy atom. The molecule has 2 heterocycles. The second-order valence-electron chi connectivity index (χ2n) is 2.41. The van der Waals surface area contributed by atoms with Crippen molar-refractivity contribution in [3.63, 3.8) is 0 Å². The van der Waals surface area contributed by atoms with Crippen LogP contribution in [0.1, 0.15) is 5.69 Å². The standard InChI is InChI=1S/C8H8N4S/c1-2-7(12-11-3-1)6-10-8-9-4-5-13-8/h1-5H,6H2,(H,9,10). The molecule has 2 aromatic rings. The van der Waals surface area contributed by atoms with Gasteiger partial charge in [0.2, 0.25) is 0 Å². The van der Waals surface area contributed by atoms with Crippen molar-refractivity contribution in [2.24, 2.45) is 0 Å². The molecule has 0 aliphatic rings. The Kier molecular flexibility index (Phi) is 2.47. The van der Waals surface area contributed by atoms with E-state index in [1.54, 1.807) is 23.7 Å². The maximum absolute atomic E-state index is 4.09. The lowest BCUT2D eigenvalue weighted by Gasteiger charge is -1.99. The van der Waals surface area contributed by atoms with Gasteiger partial charge in [-0.1, -0.05) is 0 Å². The normalized spacial score (nSPS) is 9.85. The van der Waals surface area contributed by atoms with Gasteiger partial charge in [0.25, 0.3) is 0 Å². The highest BCUT2D eigenvalue weighted by Gasteiger charge is 1.95. The third kappa shape index (κ3) is 2.22. The molecule has 4 nitrogen and oxygen atoms in total. The minimum Gasteiger partial charge on any atom is -0.356 e. The first-order valence-corrected chi connectivity index (χ1v) is 4.73. The van der Waals surface area contributed by atoms with Crippen LogP contribution in [0.5, 0.6) is 0 Å². The summed E-state index contributed by atoms with van der Waals surface area (Å²) in [6.45, 7) is 0.668. The van der Waals surface area contributed by atoms with Crippen molar-refractivity contribution in [1.82, 2.24) is 15.2 Å². The molecule has 66 valence electrons. The molecule has 0 saturated carbocycles. The molecule has 0 bridgehead atoms. The molecule has 2 aromatic heterocycles. The number of anilines is 1. The molecule has 0 aliphatic carbocycles. The predicted molar refractivity (Wildman–Crippen MR) is 51.5 cm³/mol. The molecule has 0 fully saturated rings. The van der Waals surface area contributed by atoms with E-state index < -0.39 is 0 Å². The SMILES string of the molecule is c1cnnc(CNc2nccs2)c1. The molecule has 0 amide bonds. The summed E-state index contributed by atoms with van der Waals surface area (Å²) in [6.07, 6.45) is 3.43. The Labute approximate surface area is 79.7 Å². The highest BCUT2D eigenvalue weighted by molar-refractivity contribution is 7.13. The van der Waals surface area contributed by atoms with E-state index in [0.29, 0.717) is 6.54 Å². The molecular weight excluding hydrogens is 184 g/mol. The van der Waals surface area contributed by atoms with Crippen LogP contribution in [0.3, 0.4) is 0 Å². The van der Waals surface area contributed by atoms with Gasteiger partial charge >= 0.3 is 0 Å². The first kappa shape index (κ1) is 8.12. The van der Waals surface area contributed by atoms with Crippen molar-refractivity contribution in [1.29, 1.82) is 0 Å². The van der Waals surface area contributed by atoms with Crippen molar-refractivity contribution in [3.05, 3.63) is 35.6 Å². The number of hydrogen-bond donors (Lipinski definition) is 1. The zero-order valence-electron chi connectivity index (χ0n) is 6.84. The Morgan fingerprint density at radius 2 is 2.38 bits per heavy atom. The highest BCUT2D eigenvalue weighted by atomic mass is 32.1. The number of thiazole rings is 1. The van der Waals surface area contributed by atoms with Gasteiger partial charge in [0.05, 0.1) is 12.2 Å². The summed E-state index contributed by atoms with van der Waals surface area (Å²) < 4.78 is 0. The molecule has 1 N–H and O–H groups in total. The van der Waals surface area contributed by atoms with Crippen LogP contribution in [0.15, 0.2) is 29.9 Å². The fraction of sp³-hybridized carbons (Fsp3) is 0.125. The summed E-state index contributed by atoms with van der Waals surface area (Å²) in [5, 5.41) is 13.7. The molecule has 0 unspecified atom stereocenters. The zero-order chi connectivity index (χ0) is 8.93. The van der Waals surface area contributed by atoms with Crippen LogP contribution in [-0.2, 0) is 6.54 Å². The number of nitrogens with zero attached hydrogens (tertiary/aromatic N) is 3. The minimum atomic E-state index is 0.668. The molecule has 0 aromatic carbocycles. The third-order valence-electron chi connectivity index (χ3n) is 1.48. The van der Waals surface area contributed by atoms with Gasteiger partial charge in [0.15, 0.2) is 5.13 Å². The monoisotopic (exact) mass is 192 g/mol. The van der Waals surface area contributed by atoms with Crippen LogP contribution >= 0.6 is 11.3 Å². The molecule has 2 rings (SSSR count). The van der Waals surface area contributed by atoms with Crippen molar-refractivity contribution in [2.45, 2.75) is 6.54 Å². The summed E-state index contributed by atoms with van der Waals surface area (Å²) in [5.74, 6) is 0. The fourth-order valence-electron chi connectivity index (χ4n) is 0.905. The Balaban J connectivity index is 1.94. The predicted octanol–water partition coefficient (Wildman–Crippen LogP) is 1.55. The molecule has 0 atom stereocenters. The van der Waals surface area contributed by atoms with Crippen molar-refractivity contribution in [3.8, 4) is 0 Å². The van der Waals surface area contributed by atoms with Crippen LogP contribution < -0.4 is 5.32 Å². The van der Waals surface area contributed by atoms with Crippen LogP contribution in [0.25, 0.3) is 0 Å². The van der Waals surface area contributed by atoms with Gasteiger partial charge in [0.1, 0.15) is 0 Å². The van der Waals surface area contributed by atoms with E-state index in [0.717, 1.165) is 10.8 Å². The Bertz CT molecular complexity index is 346. The minimum absolute atomic E-state index is 0.668. The summed E-state index contributed by atoms with van der Waals surface area (Å²) in [5.41, 5.74) is 0.915. The molecular formula is C8H8N4S. The van der Waals surface area contributed by atoms with Gasteiger partial charge in [-0.25, -0.2) is 4.98 Å². The molecule has 0 spiro atoms. The lowest BCUT2D eigenvalue weighted by atomic mass is 10.4. The number of aromatic nitrogens is 3. The van der Waals surface area contributed by atoms with E-state index in [2.05, 4.69) is 20.5 Å². The quantitative estimate of drug-likeness (QED) is 0.801. The van der Waals surface area contributed by atoms with Gasteiger partial charge in [-0.2, -0.15) is 10.2 Å². The highest BCUT2D eigenvalue weighted by Crippen LogP contribution is 2.10. The maximum Gasteiger partial charge on any atom is 0.182 e. The fourth-order valence-corrected chi connectivity index (χ4v) is 1.43. The second kappa shape index (κ2) is 3.95. The van der Waals surface area contributed by atoms with Crippen LogP contribution in [0.4, 0.5) is 5.13 Å². The summed E-state index contributed by atoms with van der Waals surface area (Å²) in [7, 11) is 0. The van der Waals surface area contributed by atoms with Gasteiger partial charge in [-0.15, -0.1) is 11.3 Å². The van der Waals surface area contributed by atoms with E-state index in [-0.39, 0.29) is 0 Å². The van der Waals surface area contributed by atoms with Crippen LogP contribution in [0.2, 0.25) is 0 Å². The van der Waals surface area contributed by atoms with Crippen LogP contribution in [-0.4, -0.2) is 15.2 Å². The number of nitrogens with one attached hydrogen (secondary N) is 1. The van der Waals surface area contributed by atoms with Crippen molar-refractivity contribution in [2.75, 3.05) is 5.32 Å². The Hall–Kier alpha value is -1.49. The smallest absolute Gasteiger partial charge is 0.182 e. The van der Waals surface area contributed by atoms with Crippen molar-refractivity contribution >= 4 is 16.5 Å². The Morgan fingerprint density at radius 1 is 1.38 bits per heavy atom. The van der Waals surface area contributed by atoms with E-state index in [4.69, 9.17) is 0 Å².